The highest BCUT2D eigenvalue weighted by molar-refractivity contribution is 5.83. The molecule has 3 N–H and O–H groups in total. The van der Waals surface area contributed by atoms with Crippen molar-refractivity contribution < 1.29 is 0 Å². The van der Waals surface area contributed by atoms with Gasteiger partial charge in [-0.3, -0.25) is 19.8 Å². The first-order valence-corrected chi connectivity index (χ1v) is 5.09. The van der Waals surface area contributed by atoms with Crippen molar-refractivity contribution >= 4 is 16.5 Å². The Labute approximate surface area is 91.5 Å². The molecule has 0 saturated carbocycles. The third kappa shape index (κ3) is 1.84. The van der Waals surface area contributed by atoms with E-state index in [1.165, 1.54) is 0 Å². The number of fused-ring (bicyclic) bond motifs is 1. The maximum absolute atomic E-state index is 11.5. The minimum Gasteiger partial charge on any atom is -0.383 e. The molecule has 0 aliphatic heterocycles. The Morgan fingerprint density at radius 1 is 1.06 bits per heavy atom. The molecule has 0 radical (unpaired) electrons. The molecule has 0 atom stereocenters. The van der Waals surface area contributed by atoms with Crippen molar-refractivity contribution in [2.75, 3.05) is 5.32 Å². The second-order valence-electron chi connectivity index (χ2n) is 3.97. The predicted molar refractivity (Wildman–Crippen MR) is 63.9 cm³/mol. The summed E-state index contributed by atoms with van der Waals surface area (Å²) >= 11 is 0. The van der Waals surface area contributed by atoms with Gasteiger partial charge in [0.15, 0.2) is 0 Å². The number of anilines is 1. The summed E-state index contributed by atoms with van der Waals surface area (Å²) in [6.45, 7) is 4.01. The number of aromatic nitrogens is 2. The molecule has 0 fully saturated rings. The van der Waals surface area contributed by atoms with Crippen LogP contribution in [0.15, 0.2) is 27.8 Å². The average molecular weight is 219 g/mol. The molecule has 0 aliphatic carbocycles. The summed E-state index contributed by atoms with van der Waals surface area (Å²) in [5, 5.41) is 8.57. The van der Waals surface area contributed by atoms with E-state index >= 15 is 0 Å². The molecule has 0 amide bonds. The fraction of sp³-hybridized carbons (Fsp3) is 0.273. The van der Waals surface area contributed by atoms with Crippen LogP contribution in [-0.4, -0.2) is 16.2 Å². The van der Waals surface area contributed by atoms with Gasteiger partial charge in [-0.2, -0.15) is 0 Å². The maximum atomic E-state index is 11.5. The normalized spacial score (nSPS) is 10.9. The van der Waals surface area contributed by atoms with Crippen molar-refractivity contribution in [3.05, 3.63) is 38.9 Å². The van der Waals surface area contributed by atoms with E-state index in [1.807, 2.05) is 13.8 Å². The fourth-order valence-electron chi connectivity index (χ4n) is 1.60. The van der Waals surface area contributed by atoms with Gasteiger partial charge >= 0.3 is 0 Å². The summed E-state index contributed by atoms with van der Waals surface area (Å²) in [6.07, 6.45) is 0. The lowest BCUT2D eigenvalue weighted by atomic mass is 10.1. The molecule has 5 nitrogen and oxygen atoms in total. The summed E-state index contributed by atoms with van der Waals surface area (Å²) in [5.41, 5.74) is 0.256. The van der Waals surface area contributed by atoms with Crippen molar-refractivity contribution in [2.24, 2.45) is 0 Å². The Hall–Kier alpha value is -2.04. The van der Waals surface area contributed by atoms with Crippen LogP contribution in [0.5, 0.6) is 0 Å². The Kier molecular flexibility index (Phi) is 2.52. The van der Waals surface area contributed by atoms with Gasteiger partial charge in [0.1, 0.15) is 0 Å². The molecule has 0 bridgehead atoms. The van der Waals surface area contributed by atoms with Crippen molar-refractivity contribution in [3.8, 4) is 0 Å². The second kappa shape index (κ2) is 3.84. The second-order valence-corrected chi connectivity index (χ2v) is 3.97. The van der Waals surface area contributed by atoms with E-state index < -0.39 is 0 Å². The minimum atomic E-state index is -0.290. The molecule has 2 rings (SSSR count). The van der Waals surface area contributed by atoms with Gasteiger partial charge in [-0.1, -0.05) is 0 Å². The molecule has 84 valence electrons. The number of nitrogens with one attached hydrogen (secondary N) is 3. The molecule has 0 aliphatic rings. The topological polar surface area (TPSA) is 77.8 Å². The van der Waals surface area contributed by atoms with Gasteiger partial charge in [-0.25, -0.2) is 0 Å². The number of rotatable bonds is 2. The van der Waals surface area contributed by atoms with Crippen molar-refractivity contribution in [1.82, 2.24) is 10.2 Å². The summed E-state index contributed by atoms with van der Waals surface area (Å²) in [4.78, 5) is 22.9. The molecule has 0 spiro atoms. The summed E-state index contributed by atoms with van der Waals surface area (Å²) in [5.74, 6) is 0. The Morgan fingerprint density at radius 2 is 1.69 bits per heavy atom. The monoisotopic (exact) mass is 219 g/mol. The molecule has 1 aromatic heterocycles. The van der Waals surface area contributed by atoms with E-state index in [-0.39, 0.29) is 17.2 Å². The summed E-state index contributed by atoms with van der Waals surface area (Å²) < 4.78 is 0. The SMILES string of the molecule is CC(C)Nc1ccc2c(=O)[nH][nH]c(=O)c2c1. The zero-order valence-corrected chi connectivity index (χ0v) is 9.13. The van der Waals surface area contributed by atoms with Gasteiger partial charge in [0.25, 0.3) is 11.1 Å². The van der Waals surface area contributed by atoms with E-state index in [4.69, 9.17) is 0 Å². The molecule has 5 heteroatoms. The number of hydrogen-bond donors (Lipinski definition) is 3. The Balaban J connectivity index is 2.66. The molecule has 0 unspecified atom stereocenters. The van der Waals surface area contributed by atoms with Crippen LogP contribution in [0.25, 0.3) is 10.8 Å². The largest absolute Gasteiger partial charge is 0.383 e. The molecule has 1 aromatic carbocycles. The Bertz CT molecular complexity index is 625. The van der Waals surface area contributed by atoms with Gasteiger partial charge in [-0.15, -0.1) is 0 Å². The smallest absolute Gasteiger partial charge is 0.270 e. The molecule has 16 heavy (non-hydrogen) atoms. The average Bonchev–Trinajstić information content (AvgIpc) is 2.23. The number of hydrogen-bond acceptors (Lipinski definition) is 3. The van der Waals surface area contributed by atoms with Gasteiger partial charge in [0.05, 0.1) is 10.8 Å². The van der Waals surface area contributed by atoms with Crippen LogP contribution < -0.4 is 16.4 Å². The van der Waals surface area contributed by atoms with Crippen LogP contribution in [0.3, 0.4) is 0 Å². The molecular weight excluding hydrogens is 206 g/mol. The highest BCUT2D eigenvalue weighted by Crippen LogP contribution is 2.13. The van der Waals surface area contributed by atoms with E-state index in [0.29, 0.717) is 10.8 Å². The lowest BCUT2D eigenvalue weighted by molar-refractivity contribution is 0.900. The zero-order chi connectivity index (χ0) is 11.7. The maximum Gasteiger partial charge on any atom is 0.270 e. The standard InChI is InChI=1S/C11H13N3O2/c1-6(2)12-7-3-4-8-9(5-7)11(16)14-13-10(8)15/h3-6,12H,1-2H3,(H,13,15)(H,14,16). The van der Waals surface area contributed by atoms with Crippen LogP contribution in [0.4, 0.5) is 5.69 Å². The minimum absolute atomic E-state index is 0.276. The molecular formula is C11H13N3O2. The van der Waals surface area contributed by atoms with Crippen LogP contribution in [-0.2, 0) is 0 Å². The number of benzene rings is 1. The lowest BCUT2D eigenvalue weighted by Crippen LogP contribution is -2.19. The molecule has 2 aromatic rings. The highest BCUT2D eigenvalue weighted by atomic mass is 16.1. The van der Waals surface area contributed by atoms with E-state index in [0.717, 1.165) is 5.69 Å². The quantitative estimate of drug-likeness (QED) is 0.706. The fourth-order valence-corrected chi connectivity index (χ4v) is 1.60. The van der Waals surface area contributed by atoms with Gasteiger partial charge in [0, 0.05) is 11.7 Å². The lowest BCUT2D eigenvalue weighted by Gasteiger charge is -2.09. The van der Waals surface area contributed by atoms with Gasteiger partial charge in [-0.05, 0) is 32.0 Å². The predicted octanol–water partition coefficient (Wildman–Crippen LogP) is 1.04. The van der Waals surface area contributed by atoms with E-state index in [1.54, 1.807) is 18.2 Å². The third-order valence-electron chi connectivity index (χ3n) is 2.25. The molecule has 0 saturated heterocycles. The van der Waals surface area contributed by atoms with Crippen LogP contribution >= 0.6 is 0 Å². The van der Waals surface area contributed by atoms with Crippen molar-refractivity contribution in [1.29, 1.82) is 0 Å². The Morgan fingerprint density at radius 3 is 2.31 bits per heavy atom. The van der Waals surface area contributed by atoms with E-state index in [9.17, 15) is 9.59 Å². The molecule has 1 heterocycles. The first kappa shape index (κ1) is 10.5. The van der Waals surface area contributed by atoms with Crippen LogP contribution in [0.2, 0.25) is 0 Å². The number of H-pyrrole nitrogens is 2. The van der Waals surface area contributed by atoms with Crippen LogP contribution in [0, 0.1) is 0 Å². The third-order valence-corrected chi connectivity index (χ3v) is 2.25. The summed E-state index contributed by atoms with van der Waals surface area (Å²) in [7, 11) is 0. The highest BCUT2D eigenvalue weighted by Gasteiger charge is 2.04. The van der Waals surface area contributed by atoms with Crippen molar-refractivity contribution in [2.45, 2.75) is 19.9 Å². The zero-order valence-electron chi connectivity index (χ0n) is 9.13. The van der Waals surface area contributed by atoms with Gasteiger partial charge in [0.2, 0.25) is 0 Å². The first-order chi connectivity index (χ1) is 7.58. The first-order valence-electron chi connectivity index (χ1n) is 5.09. The van der Waals surface area contributed by atoms with Gasteiger partial charge < -0.3 is 5.32 Å². The van der Waals surface area contributed by atoms with Crippen LogP contribution in [0.1, 0.15) is 13.8 Å². The van der Waals surface area contributed by atoms with Crippen molar-refractivity contribution in [3.63, 3.8) is 0 Å². The summed E-state index contributed by atoms with van der Waals surface area (Å²) in [6, 6.07) is 5.40. The van der Waals surface area contributed by atoms with E-state index in [2.05, 4.69) is 15.5 Å². The number of aromatic amines is 2.